The van der Waals surface area contributed by atoms with Crippen LogP contribution in [0.15, 0.2) is 24.3 Å². The first-order valence-corrected chi connectivity index (χ1v) is 6.82. The van der Waals surface area contributed by atoms with E-state index in [1.807, 2.05) is 0 Å². The first kappa shape index (κ1) is 15.0. The predicted octanol–water partition coefficient (Wildman–Crippen LogP) is 1.46. The molecule has 110 valence electrons. The lowest BCUT2D eigenvalue weighted by molar-refractivity contribution is -0.121. The molecule has 0 unspecified atom stereocenters. The minimum Gasteiger partial charge on any atom is -0.352 e. The number of hydrogen-bond acceptors (Lipinski definition) is 3. The van der Waals surface area contributed by atoms with E-state index in [1.54, 1.807) is 23.1 Å². The lowest BCUT2D eigenvalue weighted by Gasteiger charge is -2.32. The van der Waals surface area contributed by atoms with Crippen LogP contribution in [-0.2, 0) is 4.79 Å². The zero-order valence-corrected chi connectivity index (χ0v) is 11.5. The smallest absolute Gasteiger partial charge is 0.256 e. The summed E-state index contributed by atoms with van der Waals surface area (Å²) in [6.07, 6.45) is 1.06. The molecule has 0 atom stereocenters. The normalized spacial score (nSPS) is 15.3. The highest BCUT2D eigenvalue weighted by Crippen LogP contribution is 2.16. The number of rotatable bonds is 3. The second-order valence-corrected chi connectivity index (χ2v) is 4.95. The number of nitrogens with zero attached hydrogens (tertiary/aromatic N) is 2. The Hall–Kier alpha value is -2.42. The van der Waals surface area contributed by atoms with Crippen LogP contribution in [0, 0.1) is 17.1 Å². The van der Waals surface area contributed by atoms with Gasteiger partial charge in [0.25, 0.3) is 5.91 Å². The van der Waals surface area contributed by atoms with Crippen LogP contribution in [0.25, 0.3) is 0 Å². The summed E-state index contributed by atoms with van der Waals surface area (Å²) in [6.45, 7) is 0.926. The van der Waals surface area contributed by atoms with Gasteiger partial charge in [-0.25, -0.2) is 4.39 Å². The molecule has 0 saturated carbocycles. The topological polar surface area (TPSA) is 73.2 Å². The van der Waals surface area contributed by atoms with Crippen molar-refractivity contribution >= 4 is 11.8 Å². The first-order valence-electron chi connectivity index (χ1n) is 6.82. The Balaban J connectivity index is 1.90. The van der Waals surface area contributed by atoms with E-state index in [9.17, 15) is 14.0 Å². The van der Waals surface area contributed by atoms with Crippen molar-refractivity contribution in [2.45, 2.75) is 25.3 Å². The van der Waals surface area contributed by atoms with E-state index in [4.69, 9.17) is 5.26 Å². The molecule has 2 rings (SSSR count). The Morgan fingerprint density at radius 1 is 1.33 bits per heavy atom. The molecule has 6 heteroatoms. The molecule has 2 amide bonds. The van der Waals surface area contributed by atoms with Crippen LogP contribution in [0.5, 0.6) is 0 Å². The Morgan fingerprint density at radius 2 is 2.00 bits per heavy atom. The number of carbonyl (C=O) groups is 2. The maximum atomic E-state index is 13.6. The molecule has 1 heterocycles. The molecule has 0 radical (unpaired) electrons. The summed E-state index contributed by atoms with van der Waals surface area (Å²) in [5.74, 6) is -1.14. The molecule has 0 aromatic heterocycles. The largest absolute Gasteiger partial charge is 0.352 e. The van der Waals surface area contributed by atoms with Crippen molar-refractivity contribution in [2.24, 2.45) is 0 Å². The maximum Gasteiger partial charge on any atom is 0.256 e. The number of nitriles is 1. The Morgan fingerprint density at radius 3 is 2.62 bits per heavy atom. The van der Waals surface area contributed by atoms with Crippen molar-refractivity contribution in [3.05, 3.63) is 35.6 Å². The minimum absolute atomic E-state index is 0.0319. The Labute approximate surface area is 122 Å². The van der Waals surface area contributed by atoms with E-state index in [-0.39, 0.29) is 29.8 Å². The van der Waals surface area contributed by atoms with Gasteiger partial charge in [0.2, 0.25) is 5.91 Å². The maximum absolute atomic E-state index is 13.6. The van der Waals surface area contributed by atoms with Gasteiger partial charge < -0.3 is 10.2 Å². The molecule has 1 N–H and O–H groups in total. The van der Waals surface area contributed by atoms with Crippen LogP contribution in [0.3, 0.4) is 0 Å². The highest BCUT2D eigenvalue weighted by molar-refractivity contribution is 5.94. The number of piperidine rings is 1. The number of amides is 2. The fourth-order valence-corrected chi connectivity index (χ4v) is 2.38. The monoisotopic (exact) mass is 289 g/mol. The molecule has 1 saturated heterocycles. The quantitative estimate of drug-likeness (QED) is 0.915. The van der Waals surface area contributed by atoms with Crippen molar-refractivity contribution in [1.29, 1.82) is 5.26 Å². The standard InChI is InChI=1S/C15H16FN3O2/c16-13-4-2-1-3-12(13)15(21)19-9-6-11(7-10-19)18-14(20)5-8-17/h1-4,11H,5-7,9-10H2,(H,18,20). The van der Waals surface area contributed by atoms with Gasteiger partial charge in [-0.05, 0) is 25.0 Å². The van der Waals surface area contributed by atoms with Gasteiger partial charge in [0, 0.05) is 19.1 Å². The van der Waals surface area contributed by atoms with Crippen LogP contribution in [0.2, 0.25) is 0 Å². The molecular weight excluding hydrogens is 273 g/mol. The fourth-order valence-electron chi connectivity index (χ4n) is 2.38. The summed E-state index contributed by atoms with van der Waals surface area (Å²) in [6, 6.07) is 7.67. The van der Waals surface area contributed by atoms with Gasteiger partial charge in [-0.1, -0.05) is 12.1 Å². The minimum atomic E-state index is -0.521. The van der Waals surface area contributed by atoms with Gasteiger partial charge in [0.15, 0.2) is 0 Å². The molecule has 0 spiro atoms. The molecule has 1 aromatic carbocycles. The molecule has 0 bridgehead atoms. The van der Waals surface area contributed by atoms with Gasteiger partial charge in [0.05, 0.1) is 11.6 Å². The molecule has 1 fully saturated rings. The van der Waals surface area contributed by atoms with Gasteiger partial charge in [-0.2, -0.15) is 5.26 Å². The summed E-state index contributed by atoms with van der Waals surface area (Å²) in [4.78, 5) is 25.1. The number of benzene rings is 1. The second-order valence-electron chi connectivity index (χ2n) is 4.95. The number of carbonyl (C=O) groups excluding carboxylic acids is 2. The van der Waals surface area contributed by atoms with Crippen molar-refractivity contribution in [2.75, 3.05) is 13.1 Å². The van der Waals surface area contributed by atoms with Crippen molar-refractivity contribution in [3.8, 4) is 6.07 Å². The third-order valence-corrected chi connectivity index (χ3v) is 3.49. The lowest BCUT2D eigenvalue weighted by atomic mass is 10.0. The van der Waals surface area contributed by atoms with Crippen LogP contribution in [0.1, 0.15) is 29.6 Å². The summed E-state index contributed by atoms with van der Waals surface area (Å²) in [5.41, 5.74) is 0.0736. The molecule has 1 aromatic rings. The van der Waals surface area contributed by atoms with Gasteiger partial charge in [-0.3, -0.25) is 9.59 Å². The fraction of sp³-hybridized carbons (Fsp3) is 0.400. The van der Waals surface area contributed by atoms with Gasteiger partial charge in [-0.15, -0.1) is 0 Å². The van der Waals surface area contributed by atoms with E-state index >= 15 is 0 Å². The van der Waals surface area contributed by atoms with E-state index < -0.39 is 5.82 Å². The number of hydrogen-bond donors (Lipinski definition) is 1. The van der Waals surface area contributed by atoms with Crippen LogP contribution < -0.4 is 5.32 Å². The molecular formula is C15H16FN3O2. The summed E-state index contributed by atoms with van der Waals surface area (Å²) in [7, 11) is 0. The number of nitrogens with one attached hydrogen (secondary N) is 1. The molecule has 1 aliphatic heterocycles. The van der Waals surface area contributed by atoms with E-state index in [2.05, 4.69) is 5.32 Å². The molecule has 5 nitrogen and oxygen atoms in total. The Kier molecular flexibility index (Phi) is 4.88. The first-order chi connectivity index (χ1) is 10.1. The van der Waals surface area contributed by atoms with Crippen LogP contribution >= 0.6 is 0 Å². The highest BCUT2D eigenvalue weighted by atomic mass is 19.1. The van der Waals surface area contributed by atoms with E-state index in [0.717, 1.165) is 0 Å². The zero-order chi connectivity index (χ0) is 15.2. The average Bonchev–Trinajstić information content (AvgIpc) is 2.48. The molecule has 1 aliphatic rings. The van der Waals surface area contributed by atoms with E-state index in [0.29, 0.717) is 25.9 Å². The summed E-state index contributed by atoms with van der Waals surface area (Å²) >= 11 is 0. The van der Waals surface area contributed by atoms with Crippen molar-refractivity contribution < 1.29 is 14.0 Å². The van der Waals surface area contributed by atoms with Gasteiger partial charge in [0.1, 0.15) is 12.2 Å². The third kappa shape index (κ3) is 3.78. The van der Waals surface area contributed by atoms with Crippen LogP contribution in [0.4, 0.5) is 4.39 Å². The van der Waals surface area contributed by atoms with Gasteiger partial charge >= 0.3 is 0 Å². The third-order valence-electron chi connectivity index (χ3n) is 3.49. The molecule has 21 heavy (non-hydrogen) atoms. The highest BCUT2D eigenvalue weighted by Gasteiger charge is 2.25. The SMILES string of the molecule is N#CCC(=O)NC1CCN(C(=O)c2ccccc2F)CC1. The number of halogens is 1. The summed E-state index contributed by atoms with van der Waals surface area (Å²) in [5, 5.41) is 11.2. The lowest BCUT2D eigenvalue weighted by Crippen LogP contribution is -2.46. The zero-order valence-electron chi connectivity index (χ0n) is 11.5. The van der Waals surface area contributed by atoms with Crippen molar-refractivity contribution in [1.82, 2.24) is 10.2 Å². The van der Waals surface area contributed by atoms with Crippen molar-refractivity contribution in [3.63, 3.8) is 0 Å². The average molecular weight is 289 g/mol. The Bertz CT molecular complexity index is 575. The van der Waals surface area contributed by atoms with E-state index in [1.165, 1.54) is 12.1 Å². The predicted molar refractivity (Wildman–Crippen MR) is 73.7 cm³/mol. The second kappa shape index (κ2) is 6.84. The number of likely N-dealkylation sites (tertiary alicyclic amines) is 1. The van der Waals surface area contributed by atoms with Crippen LogP contribution in [-0.4, -0.2) is 35.8 Å². The molecule has 0 aliphatic carbocycles. The summed E-state index contributed by atoms with van der Waals surface area (Å²) < 4.78 is 13.6.